The predicted molar refractivity (Wildman–Crippen MR) is 129 cm³/mol. The van der Waals surface area contributed by atoms with Gasteiger partial charge >= 0.3 is 6.18 Å². The van der Waals surface area contributed by atoms with Crippen LogP contribution in [0.1, 0.15) is 43.4 Å². The molecule has 1 amide bonds. The number of aryl methyl sites for hydroxylation is 1. The fraction of sp³-hybridized carbons (Fsp3) is 0.385. The van der Waals surface area contributed by atoms with E-state index in [1.165, 1.54) is 24.3 Å². The molecule has 5 nitrogen and oxygen atoms in total. The van der Waals surface area contributed by atoms with Crippen molar-refractivity contribution < 1.29 is 27.1 Å². The molecule has 0 saturated heterocycles. The molecule has 0 bridgehead atoms. The van der Waals surface area contributed by atoms with Gasteiger partial charge in [-0.15, -0.1) is 0 Å². The highest BCUT2D eigenvalue weighted by Crippen LogP contribution is 2.35. The zero-order valence-corrected chi connectivity index (χ0v) is 19.9. The normalized spacial score (nSPS) is 22.0. The van der Waals surface area contributed by atoms with Gasteiger partial charge in [-0.05, 0) is 86.6 Å². The zero-order chi connectivity index (χ0) is 25.4. The van der Waals surface area contributed by atoms with Gasteiger partial charge in [-0.1, -0.05) is 11.6 Å². The van der Waals surface area contributed by atoms with E-state index in [0.717, 1.165) is 11.6 Å². The van der Waals surface area contributed by atoms with Crippen molar-refractivity contribution in [3.8, 4) is 5.75 Å². The molecule has 2 aliphatic rings. The molecule has 1 saturated carbocycles. The molecule has 0 spiro atoms. The van der Waals surface area contributed by atoms with Crippen LogP contribution in [0.15, 0.2) is 42.5 Å². The Labute approximate surface area is 210 Å². The first-order chi connectivity index (χ1) is 17.2. The number of hydrogen-bond acceptors (Lipinski definition) is 4. The minimum Gasteiger partial charge on any atom is -0.480 e. The van der Waals surface area contributed by atoms with Gasteiger partial charge < -0.3 is 15.4 Å². The number of fused-ring (bicyclic) bond motifs is 2. The summed E-state index contributed by atoms with van der Waals surface area (Å²) in [5, 5.41) is 7.23. The molecule has 1 aromatic heterocycles. The van der Waals surface area contributed by atoms with Crippen LogP contribution in [-0.4, -0.2) is 29.1 Å². The largest absolute Gasteiger partial charge is 0.480 e. The summed E-state index contributed by atoms with van der Waals surface area (Å²) < 4.78 is 59.4. The summed E-state index contributed by atoms with van der Waals surface area (Å²) in [7, 11) is 0. The van der Waals surface area contributed by atoms with Crippen LogP contribution in [0.5, 0.6) is 5.75 Å². The number of ether oxygens (including phenoxy) is 1. The first-order valence-corrected chi connectivity index (χ1v) is 12.2. The van der Waals surface area contributed by atoms with Crippen molar-refractivity contribution in [2.24, 2.45) is 0 Å². The van der Waals surface area contributed by atoms with E-state index >= 15 is 0 Å². The molecule has 2 heterocycles. The molecule has 0 radical (unpaired) electrons. The Morgan fingerprint density at radius 2 is 1.75 bits per heavy atom. The number of pyridine rings is 1. The van der Waals surface area contributed by atoms with Crippen molar-refractivity contribution in [2.45, 2.75) is 62.9 Å². The predicted octanol–water partition coefficient (Wildman–Crippen LogP) is 6.28. The fourth-order valence-electron chi connectivity index (χ4n) is 4.90. The minimum absolute atomic E-state index is 0.0527. The molecule has 1 aliphatic heterocycles. The van der Waals surface area contributed by atoms with Gasteiger partial charge in [-0.3, -0.25) is 4.79 Å². The third-order valence-corrected chi connectivity index (χ3v) is 6.99. The maximum Gasteiger partial charge on any atom is 0.433 e. The fourth-order valence-corrected chi connectivity index (χ4v) is 5.07. The first-order valence-electron chi connectivity index (χ1n) is 11.9. The van der Waals surface area contributed by atoms with Crippen LogP contribution in [0.3, 0.4) is 0 Å². The monoisotopic (exact) mass is 521 g/mol. The third-order valence-electron chi connectivity index (χ3n) is 6.75. The maximum absolute atomic E-state index is 13.4. The molecule has 2 N–H and O–H groups in total. The van der Waals surface area contributed by atoms with Gasteiger partial charge in [0, 0.05) is 28.2 Å². The Balaban J connectivity index is 1.21. The van der Waals surface area contributed by atoms with E-state index in [1.54, 1.807) is 12.1 Å². The number of amides is 1. The van der Waals surface area contributed by atoms with E-state index < -0.39 is 18.0 Å². The van der Waals surface area contributed by atoms with E-state index in [-0.39, 0.29) is 29.3 Å². The molecule has 1 fully saturated rings. The lowest BCUT2D eigenvalue weighted by molar-refractivity contribution is -0.140. The van der Waals surface area contributed by atoms with Crippen molar-refractivity contribution in [1.29, 1.82) is 0 Å². The zero-order valence-electron chi connectivity index (χ0n) is 19.2. The lowest BCUT2D eigenvalue weighted by Gasteiger charge is -2.32. The molecule has 10 heteroatoms. The Kier molecular flexibility index (Phi) is 6.68. The Bertz CT molecular complexity index is 1290. The van der Waals surface area contributed by atoms with Crippen molar-refractivity contribution in [3.63, 3.8) is 0 Å². The lowest BCUT2D eigenvalue weighted by atomic mass is 9.90. The molecule has 1 aliphatic carbocycles. The van der Waals surface area contributed by atoms with Gasteiger partial charge in [0.1, 0.15) is 17.3 Å². The molecule has 5 rings (SSSR count). The van der Waals surface area contributed by atoms with Gasteiger partial charge in [0.15, 0.2) is 6.10 Å². The molecule has 2 aromatic carbocycles. The van der Waals surface area contributed by atoms with Crippen molar-refractivity contribution in [3.05, 3.63) is 64.6 Å². The van der Waals surface area contributed by atoms with Crippen molar-refractivity contribution in [1.82, 2.24) is 10.3 Å². The number of nitrogens with one attached hydrogen (secondary N) is 2. The number of rotatable bonds is 4. The summed E-state index contributed by atoms with van der Waals surface area (Å²) in [5.74, 6) is -0.00676. The van der Waals surface area contributed by atoms with Crippen LogP contribution in [0, 0.1) is 5.82 Å². The number of nitrogens with zero attached hydrogens (tertiary/aromatic N) is 1. The summed E-state index contributed by atoms with van der Waals surface area (Å²) in [6.45, 7) is 0. The summed E-state index contributed by atoms with van der Waals surface area (Å²) in [6, 6.07) is 9.79. The number of halogens is 5. The molecule has 1 unspecified atom stereocenters. The van der Waals surface area contributed by atoms with Gasteiger partial charge in [-0.25, -0.2) is 9.37 Å². The van der Waals surface area contributed by atoms with E-state index in [0.29, 0.717) is 60.4 Å². The minimum atomic E-state index is -4.57. The van der Waals surface area contributed by atoms with Gasteiger partial charge in [0.2, 0.25) is 0 Å². The summed E-state index contributed by atoms with van der Waals surface area (Å²) in [4.78, 5) is 16.5. The van der Waals surface area contributed by atoms with Crippen LogP contribution >= 0.6 is 11.6 Å². The Morgan fingerprint density at radius 1 is 1.00 bits per heavy atom. The van der Waals surface area contributed by atoms with Gasteiger partial charge in [0.05, 0.1) is 5.52 Å². The topological polar surface area (TPSA) is 63.2 Å². The van der Waals surface area contributed by atoms with Crippen LogP contribution in [0.2, 0.25) is 5.02 Å². The molecular weight excluding hydrogens is 498 g/mol. The number of carbonyl (C=O) groups excluding carboxylic acids is 1. The average molecular weight is 522 g/mol. The average Bonchev–Trinajstić information content (AvgIpc) is 2.84. The maximum atomic E-state index is 13.4. The second kappa shape index (κ2) is 9.76. The molecule has 190 valence electrons. The highest BCUT2D eigenvalue weighted by molar-refractivity contribution is 6.31. The summed E-state index contributed by atoms with van der Waals surface area (Å²) >= 11 is 6.08. The number of carbonyl (C=O) groups is 1. The number of hydrogen-bond donors (Lipinski definition) is 2. The lowest BCUT2D eigenvalue weighted by Crippen LogP contribution is -2.47. The third kappa shape index (κ3) is 5.36. The van der Waals surface area contributed by atoms with E-state index in [1.807, 2.05) is 0 Å². The van der Waals surface area contributed by atoms with Crippen LogP contribution in [0.4, 0.5) is 23.2 Å². The van der Waals surface area contributed by atoms with E-state index in [4.69, 9.17) is 16.3 Å². The first kappa shape index (κ1) is 24.6. The molecule has 3 aromatic rings. The quantitative estimate of drug-likeness (QED) is 0.397. The smallest absolute Gasteiger partial charge is 0.433 e. The Hall–Kier alpha value is -3.07. The molecular formula is C26H24ClF4N3O2. The second-order valence-corrected chi connectivity index (χ2v) is 9.75. The number of anilines is 1. The van der Waals surface area contributed by atoms with Crippen LogP contribution in [0.25, 0.3) is 10.9 Å². The second-order valence-electron chi connectivity index (χ2n) is 9.31. The highest BCUT2D eigenvalue weighted by atomic mass is 35.5. The standard InChI is InChI=1S/C26H24ClF4N3O2/c27-15-2-8-20-19(12-15)21(13-24(34-20)26(29,30)31)32-17-4-6-18(7-5-17)33-25(35)23-9-1-14-11-16(28)3-10-22(14)36-23/h2-3,8,10-13,17-18,23H,1,4-7,9H2,(H,32,34)(H,33,35). The van der Waals surface area contributed by atoms with Crippen LogP contribution in [-0.2, 0) is 17.4 Å². The van der Waals surface area contributed by atoms with Crippen molar-refractivity contribution >= 4 is 34.1 Å². The Morgan fingerprint density at radius 3 is 2.50 bits per heavy atom. The summed E-state index contributed by atoms with van der Waals surface area (Å²) in [5.41, 5.74) is 0.351. The number of benzene rings is 2. The van der Waals surface area contributed by atoms with Gasteiger partial charge in [0.25, 0.3) is 5.91 Å². The number of aromatic nitrogens is 1. The highest BCUT2D eigenvalue weighted by Gasteiger charge is 2.34. The van der Waals surface area contributed by atoms with Crippen molar-refractivity contribution in [2.75, 3.05) is 5.32 Å². The summed E-state index contributed by atoms with van der Waals surface area (Å²) in [6.07, 6.45) is -1.48. The SMILES string of the molecule is O=C(NC1CCC(Nc2cc(C(F)(F)F)nc3ccc(Cl)cc23)CC1)C1CCc2cc(F)ccc2O1. The molecule has 36 heavy (non-hydrogen) atoms. The van der Waals surface area contributed by atoms with Gasteiger partial charge in [-0.2, -0.15) is 13.2 Å². The number of alkyl halides is 3. The van der Waals surface area contributed by atoms with Crippen LogP contribution < -0.4 is 15.4 Å². The van der Waals surface area contributed by atoms with E-state index in [9.17, 15) is 22.4 Å². The molecule has 1 atom stereocenters. The van der Waals surface area contributed by atoms with E-state index in [2.05, 4.69) is 15.6 Å².